The first-order chi connectivity index (χ1) is 9.60. The number of hydrogen-bond donors (Lipinski definition) is 1. The van der Waals surface area contributed by atoms with E-state index in [1.807, 2.05) is 30.5 Å². The van der Waals surface area contributed by atoms with Crippen molar-refractivity contribution in [2.75, 3.05) is 0 Å². The molecule has 0 saturated carbocycles. The predicted molar refractivity (Wildman–Crippen MR) is 78.9 cm³/mol. The number of benzene rings is 1. The van der Waals surface area contributed by atoms with Gasteiger partial charge in [0.1, 0.15) is 0 Å². The van der Waals surface area contributed by atoms with Gasteiger partial charge in [0.05, 0.1) is 23.7 Å². The fourth-order valence-electron chi connectivity index (χ4n) is 2.34. The van der Waals surface area contributed by atoms with Crippen LogP contribution in [0.25, 0.3) is 0 Å². The second-order valence-electron chi connectivity index (χ2n) is 5.49. The van der Waals surface area contributed by atoms with Crippen LogP contribution in [0, 0.1) is 17.2 Å². The van der Waals surface area contributed by atoms with Crippen molar-refractivity contribution in [2.45, 2.75) is 32.9 Å². The Hall–Kier alpha value is -2.12. The largest absolute Gasteiger partial charge is 0.329 e. The molecule has 1 aromatic carbocycles. The quantitative estimate of drug-likeness (QED) is 0.906. The van der Waals surface area contributed by atoms with E-state index in [1.54, 1.807) is 6.33 Å². The lowest BCUT2D eigenvalue weighted by Gasteiger charge is -2.16. The summed E-state index contributed by atoms with van der Waals surface area (Å²) in [5, 5.41) is 8.94. The number of aromatic nitrogens is 2. The number of nitrogens with two attached hydrogens (primary N) is 1. The van der Waals surface area contributed by atoms with Gasteiger partial charge in [-0.1, -0.05) is 26.0 Å². The Morgan fingerprint density at radius 1 is 1.40 bits per heavy atom. The molecule has 0 amide bonds. The Bertz CT molecular complexity index is 607. The summed E-state index contributed by atoms with van der Waals surface area (Å²) in [4.78, 5) is 4.21. The minimum absolute atomic E-state index is 0.00310. The van der Waals surface area contributed by atoms with Crippen molar-refractivity contribution < 1.29 is 0 Å². The van der Waals surface area contributed by atoms with Crippen molar-refractivity contribution >= 4 is 0 Å². The van der Waals surface area contributed by atoms with Gasteiger partial charge in [0.25, 0.3) is 0 Å². The molecule has 0 aliphatic rings. The molecule has 0 fully saturated rings. The van der Waals surface area contributed by atoms with Gasteiger partial charge < -0.3 is 10.3 Å². The highest BCUT2D eigenvalue weighted by atomic mass is 15.1. The molecule has 0 bridgehead atoms. The molecule has 20 heavy (non-hydrogen) atoms. The molecule has 0 radical (unpaired) electrons. The van der Waals surface area contributed by atoms with Crippen LogP contribution < -0.4 is 5.73 Å². The molecule has 2 aromatic rings. The maximum atomic E-state index is 8.94. The first-order valence-corrected chi connectivity index (χ1v) is 6.84. The summed E-state index contributed by atoms with van der Waals surface area (Å²) >= 11 is 0. The Morgan fingerprint density at radius 2 is 2.20 bits per heavy atom. The van der Waals surface area contributed by atoms with Crippen molar-refractivity contribution in [3.8, 4) is 6.07 Å². The number of hydrogen-bond acceptors (Lipinski definition) is 3. The average Bonchev–Trinajstić information content (AvgIpc) is 2.86. The summed E-state index contributed by atoms with van der Waals surface area (Å²) in [5.41, 5.74) is 9.04. The Kier molecular flexibility index (Phi) is 4.54. The third kappa shape index (κ3) is 3.46. The topological polar surface area (TPSA) is 67.6 Å². The summed E-state index contributed by atoms with van der Waals surface area (Å²) in [6.45, 7) is 5.02. The monoisotopic (exact) mass is 268 g/mol. The Labute approximate surface area is 119 Å². The van der Waals surface area contributed by atoms with Crippen LogP contribution in [0.15, 0.2) is 36.8 Å². The summed E-state index contributed by atoms with van der Waals surface area (Å²) < 4.78 is 2.06. The van der Waals surface area contributed by atoms with Gasteiger partial charge in [0, 0.05) is 18.8 Å². The molecule has 4 heteroatoms. The van der Waals surface area contributed by atoms with Crippen molar-refractivity contribution in [3.63, 3.8) is 0 Å². The fourth-order valence-corrected chi connectivity index (χ4v) is 2.34. The van der Waals surface area contributed by atoms with Crippen LogP contribution in [0.2, 0.25) is 0 Å². The molecule has 2 N–H and O–H groups in total. The Balaban J connectivity index is 2.18. The van der Waals surface area contributed by atoms with E-state index < -0.39 is 0 Å². The fraction of sp³-hybridized carbons (Fsp3) is 0.375. The van der Waals surface area contributed by atoms with Crippen LogP contribution in [0.1, 0.15) is 43.1 Å². The second-order valence-corrected chi connectivity index (χ2v) is 5.49. The highest BCUT2D eigenvalue weighted by molar-refractivity contribution is 5.33. The molecule has 4 nitrogen and oxygen atoms in total. The predicted octanol–water partition coefficient (Wildman–Crippen LogP) is 2.85. The molecule has 0 spiro atoms. The van der Waals surface area contributed by atoms with E-state index in [1.165, 1.54) is 0 Å². The minimum Gasteiger partial charge on any atom is -0.329 e. The zero-order chi connectivity index (χ0) is 14.5. The van der Waals surface area contributed by atoms with E-state index in [0.717, 1.165) is 17.7 Å². The van der Waals surface area contributed by atoms with E-state index in [2.05, 4.69) is 29.5 Å². The number of nitriles is 1. The average molecular weight is 268 g/mol. The standard InChI is InChI=1S/C16H20N4/c1-12(2)6-15(18)16-9-19-11-20(16)10-14-5-3-4-13(7-14)8-17/h3-5,7,9,11-12,15H,6,10,18H2,1-2H3. The normalized spacial score (nSPS) is 12.3. The number of nitrogens with zero attached hydrogens (tertiary/aromatic N) is 3. The van der Waals surface area contributed by atoms with E-state index in [-0.39, 0.29) is 6.04 Å². The van der Waals surface area contributed by atoms with Crippen LogP contribution in [0.5, 0.6) is 0 Å². The van der Waals surface area contributed by atoms with E-state index in [0.29, 0.717) is 18.0 Å². The summed E-state index contributed by atoms with van der Waals surface area (Å²) in [5.74, 6) is 0.551. The van der Waals surface area contributed by atoms with Crippen molar-refractivity contribution in [1.82, 2.24) is 9.55 Å². The minimum atomic E-state index is -0.00310. The van der Waals surface area contributed by atoms with Gasteiger partial charge in [-0.25, -0.2) is 4.98 Å². The SMILES string of the molecule is CC(C)CC(N)c1cncn1Cc1cccc(C#N)c1. The molecule has 0 saturated heterocycles. The molecule has 0 aliphatic heterocycles. The van der Waals surface area contributed by atoms with Gasteiger partial charge in [0.2, 0.25) is 0 Å². The van der Waals surface area contributed by atoms with E-state index in [9.17, 15) is 0 Å². The highest BCUT2D eigenvalue weighted by Crippen LogP contribution is 2.19. The first kappa shape index (κ1) is 14.3. The second kappa shape index (κ2) is 6.36. The van der Waals surface area contributed by atoms with Crippen LogP contribution in [-0.2, 0) is 6.54 Å². The lowest BCUT2D eigenvalue weighted by molar-refractivity contribution is 0.488. The molecule has 2 rings (SSSR count). The summed E-state index contributed by atoms with van der Waals surface area (Å²) in [7, 11) is 0. The molecule has 0 aliphatic carbocycles. The van der Waals surface area contributed by atoms with Gasteiger partial charge in [-0.05, 0) is 30.0 Å². The van der Waals surface area contributed by atoms with Crippen LogP contribution >= 0.6 is 0 Å². The van der Waals surface area contributed by atoms with Gasteiger partial charge in [-0.3, -0.25) is 0 Å². The smallest absolute Gasteiger partial charge is 0.0991 e. The maximum absolute atomic E-state index is 8.94. The van der Waals surface area contributed by atoms with Gasteiger partial charge in [-0.15, -0.1) is 0 Å². The third-order valence-electron chi connectivity index (χ3n) is 3.26. The number of rotatable bonds is 5. The summed E-state index contributed by atoms with van der Waals surface area (Å²) in [6, 6.07) is 9.78. The molecule has 104 valence electrons. The van der Waals surface area contributed by atoms with Crippen molar-refractivity contribution in [3.05, 3.63) is 53.6 Å². The van der Waals surface area contributed by atoms with Crippen LogP contribution in [-0.4, -0.2) is 9.55 Å². The maximum Gasteiger partial charge on any atom is 0.0991 e. The molecule has 1 aromatic heterocycles. The van der Waals surface area contributed by atoms with E-state index >= 15 is 0 Å². The van der Waals surface area contributed by atoms with Crippen LogP contribution in [0.4, 0.5) is 0 Å². The highest BCUT2D eigenvalue weighted by Gasteiger charge is 2.13. The lowest BCUT2D eigenvalue weighted by Crippen LogP contribution is -2.17. The van der Waals surface area contributed by atoms with Gasteiger partial charge >= 0.3 is 0 Å². The van der Waals surface area contributed by atoms with E-state index in [4.69, 9.17) is 11.0 Å². The molecular weight excluding hydrogens is 248 g/mol. The molecule has 1 unspecified atom stereocenters. The van der Waals surface area contributed by atoms with Crippen molar-refractivity contribution in [1.29, 1.82) is 5.26 Å². The zero-order valence-electron chi connectivity index (χ0n) is 12.0. The third-order valence-corrected chi connectivity index (χ3v) is 3.26. The first-order valence-electron chi connectivity index (χ1n) is 6.84. The van der Waals surface area contributed by atoms with Gasteiger partial charge in [-0.2, -0.15) is 5.26 Å². The number of imidazole rings is 1. The Morgan fingerprint density at radius 3 is 2.90 bits per heavy atom. The summed E-state index contributed by atoms with van der Waals surface area (Å²) in [6.07, 6.45) is 4.57. The van der Waals surface area contributed by atoms with Gasteiger partial charge in [0.15, 0.2) is 0 Å². The zero-order valence-corrected chi connectivity index (χ0v) is 12.0. The molecular formula is C16H20N4. The molecule has 1 heterocycles. The van der Waals surface area contributed by atoms with Crippen LogP contribution in [0.3, 0.4) is 0 Å². The van der Waals surface area contributed by atoms with Crippen molar-refractivity contribution in [2.24, 2.45) is 11.7 Å². The molecule has 1 atom stereocenters. The lowest BCUT2D eigenvalue weighted by atomic mass is 10.0.